The lowest BCUT2D eigenvalue weighted by Crippen LogP contribution is -2.20. The van der Waals surface area contributed by atoms with Crippen molar-refractivity contribution in [3.05, 3.63) is 29.3 Å². The van der Waals surface area contributed by atoms with E-state index < -0.39 is 0 Å². The third-order valence-electron chi connectivity index (χ3n) is 6.34. The second-order valence-corrected chi connectivity index (χ2v) is 8.03. The van der Waals surface area contributed by atoms with Crippen LogP contribution in [0.3, 0.4) is 0 Å². The molecule has 2 aliphatic heterocycles. The Morgan fingerprint density at radius 1 is 1.14 bits per heavy atom. The number of ether oxygens (including phenoxy) is 2. The predicted molar refractivity (Wildman–Crippen MR) is 113 cm³/mol. The minimum atomic E-state index is 0.264. The molecule has 0 spiro atoms. The number of aliphatic imine (C=N–C) groups is 1. The monoisotopic (exact) mass is 384 g/mol. The SMILES string of the molecule is CCC(CC)Cc1ccc2c(c1)c(C1=NCCOC1)c(O)n2C1CCOCC1. The van der Waals surface area contributed by atoms with Crippen molar-refractivity contribution in [2.24, 2.45) is 10.9 Å². The summed E-state index contributed by atoms with van der Waals surface area (Å²) < 4.78 is 13.3. The van der Waals surface area contributed by atoms with Crippen LogP contribution in [-0.2, 0) is 15.9 Å². The highest BCUT2D eigenvalue weighted by atomic mass is 16.5. The van der Waals surface area contributed by atoms with Crippen LogP contribution in [0.1, 0.15) is 56.7 Å². The number of benzene rings is 1. The van der Waals surface area contributed by atoms with Crippen LogP contribution in [0, 0.1) is 5.92 Å². The van der Waals surface area contributed by atoms with Gasteiger partial charge in [-0.25, -0.2) is 0 Å². The average Bonchev–Trinajstić information content (AvgIpc) is 3.04. The summed E-state index contributed by atoms with van der Waals surface area (Å²) in [5.74, 6) is 1.04. The fourth-order valence-electron chi connectivity index (χ4n) is 4.59. The molecule has 0 radical (unpaired) electrons. The minimum Gasteiger partial charge on any atom is -0.494 e. The van der Waals surface area contributed by atoms with Gasteiger partial charge in [-0.05, 0) is 42.9 Å². The van der Waals surface area contributed by atoms with Crippen LogP contribution < -0.4 is 0 Å². The van der Waals surface area contributed by atoms with Gasteiger partial charge in [0.05, 0.1) is 36.6 Å². The Hall–Kier alpha value is -1.85. The number of aromatic nitrogens is 1. The van der Waals surface area contributed by atoms with Gasteiger partial charge in [0.2, 0.25) is 5.88 Å². The van der Waals surface area contributed by atoms with Crippen molar-refractivity contribution >= 4 is 16.6 Å². The molecule has 1 aromatic heterocycles. The van der Waals surface area contributed by atoms with Crippen LogP contribution in [0.5, 0.6) is 5.88 Å². The zero-order chi connectivity index (χ0) is 19.5. The zero-order valence-corrected chi connectivity index (χ0v) is 17.1. The molecule has 2 aromatic rings. The topological polar surface area (TPSA) is 56.0 Å². The highest BCUT2D eigenvalue weighted by Gasteiger charge is 2.27. The molecule has 0 saturated carbocycles. The molecule has 4 rings (SSSR count). The predicted octanol–water partition coefficient (Wildman–Crippen LogP) is 4.50. The summed E-state index contributed by atoms with van der Waals surface area (Å²) in [6.07, 6.45) is 5.31. The van der Waals surface area contributed by atoms with Gasteiger partial charge in [0.15, 0.2) is 0 Å². The van der Waals surface area contributed by atoms with Gasteiger partial charge < -0.3 is 19.1 Å². The lowest BCUT2D eigenvalue weighted by molar-refractivity contribution is 0.0688. The van der Waals surface area contributed by atoms with Crippen molar-refractivity contribution in [1.82, 2.24) is 4.57 Å². The summed E-state index contributed by atoms with van der Waals surface area (Å²) >= 11 is 0. The second-order valence-electron chi connectivity index (χ2n) is 8.03. The molecule has 2 aliphatic rings. The summed E-state index contributed by atoms with van der Waals surface area (Å²) in [4.78, 5) is 4.69. The Balaban J connectivity index is 1.83. The Kier molecular flexibility index (Phi) is 6.02. The summed E-state index contributed by atoms with van der Waals surface area (Å²) in [5, 5.41) is 12.4. The van der Waals surface area contributed by atoms with Crippen LogP contribution >= 0.6 is 0 Å². The maximum atomic E-state index is 11.3. The lowest BCUT2D eigenvalue weighted by Gasteiger charge is -2.25. The standard InChI is InChI=1S/C23H32N2O3/c1-3-16(4-2)13-17-5-6-21-19(14-17)22(20-15-28-12-9-24-20)23(26)25(21)18-7-10-27-11-8-18/h5-6,14,16,18,26H,3-4,7-13,15H2,1-2H3. The van der Waals surface area contributed by atoms with Crippen molar-refractivity contribution in [3.8, 4) is 5.88 Å². The molecule has 3 heterocycles. The Morgan fingerprint density at radius 2 is 1.93 bits per heavy atom. The lowest BCUT2D eigenvalue weighted by atomic mass is 9.93. The fraction of sp³-hybridized carbons (Fsp3) is 0.609. The number of aromatic hydroxyl groups is 1. The minimum absolute atomic E-state index is 0.264. The first-order valence-electron chi connectivity index (χ1n) is 10.8. The highest BCUT2D eigenvalue weighted by molar-refractivity contribution is 6.14. The van der Waals surface area contributed by atoms with Crippen LogP contribution in [0.25, 0.3) is 10.9 Å². The molecular formula is C23H32N2O3. The van der Waals surface area contributed by atoms with Gasteiger partial charge in [-0.1, -0.05) is 32.8 Å². The van der Waals surface area contributed by atoms with E-state index in [2.05, 4.69) is 41.6 Å². The molecule has 0 aliphatic carbocycles. The maximum absolute atomic E-state index is 11.3. The second kappa shape index (κ2) is 8.66. The van der Waals surface area contributed by atoms with E-state index in [1.165, 1.54) is 18.4 Å². The van der Waals surface area contributed by atoms with E-state index in [1.807, 2.05) is 0 Å². The zero-order valence-electron chi connectivity index (χ0n) is 17.1. The normalized spacial score (nSPS) is 18.8. The van der Waals surface area contributed by atoms with E-state index in [-0.39, 0.29) is 6.04 Å². The van der Waals surface area contributed by atoms with E-state index in [9.17, 15) is 5.11 Å². The van der Waals surface area contributed by atoms with E-state index in [4.69, 9.17) is 9.47 Å². The number of fused-ring (bicyclic) bond motifs is 1. The third-order valence-corrected chi connectivity index (χ3v) is 6.34. The van der Waals surface area contributed by atoms with Crippen molar-refractivity contribution in [3.63, 3.8) is 0 Å². The Morgan fingerprint density at radius 3 is 2.61 bits per heavy atom. The first-order chi connectivity index (χ1) is 13.7. The largest absolute Gasteiger partial charge is 0.494 e. The molecule has 0 amide bonds. The first-order valence-corrected chi connectivity index (χ1v) is 10.8. The Bertz CT molecular complexity index is 845. The van der Waals surface area contributed by atoms with E-state index >= 15 is 0 Å². The molecule has 1 aromatic carbocycles. The van der Waals surface area contributed by atoms with Crippen LogP contribution in [0.15, 0.2) is 23.2 Å². The van der Waals surface area contributed by atoms with Crippen LogP contribution in [0.4, 0.5) is 0 Å². The van der Waals surface area contributed by atoms with Gasteiger partial charge in [-0.2, -0.15) is 0 Å². The quantitative estimate of drug-likeness (QED) is 0.798. The molecule has 5 heteroatoms. The molecular weight excluding hydrogens is 352 g/mol. The number of rotatable bonds is 6. The maximum Gasteiger partial charge on any atom is 0.201 e. The summed E-state index contributed by atoms with van der Waals surface area (Å²) in [6.45, 7) is 7.80. The smallest absolute Gasteiger partial charge is 0.201 e. The van der Waals surface area contributed by atoms with Crippen molar-refractivity contribution in [2.45, 2.75) is 52.0 Å². The van der Waals surface area contributed by atoms with Crippen molar-refractivity contribution < 1.29 is 14.6 Å². The van der Waals surface area contributed by atoms with E-state index in [0.717, 1.165) is 54.7 Å². The van der Waals surface area contributed by atoms with Crippen LogP contribution in [0.2, 0.25) is 0 Å². The van der Waals surface area contributed by atoms with Gasteiger partial charge in [-0.3, -0.25) is 4.99 Å². The first kappa shape index (κ1) is 19.5. The molecule has 1 saturated heterocycles. The number of hydrogen-bond donors (Lipinski definition) is 1. The van der Waals surface area contributed by atoms with Crippen molar-refractivity contribution in [2.75, 3.05) is 33.0 Å². The number of nitrogens with zero attached hydrogens (tertiary/aromatic N) is 2. The molecule has 1 N–H and O–H groups in total. The third kappa shape index (κ3) is 3.70. The highest BCUT2D eigenvalue weighted by Crippen LogP contribution is 2.39. The molecule has 1 fully saturated rings. The van der Waals surface area contributed by atoms with Gasteiger partial charge in [0.1, 0.15) is 0 Å². The summed E-state index contributed by atoms with van der Waals surface area (Å²) in [6, 6.07) is 6.96. The average molecular weight is 385 g/mol. The van der Waals surface area contributed by atoms with E-state index in [1.54, 1.807) is 0 Å². The molecule has 0 atom stereocenters. The molecule has 28 heavy (non-hydrogen) atoms. The molecule has 0 bridgehead atoms. The van der Waals surface area contributed by atoms with Gasteiger partial charge in [-0.15, -0.1) is 0 Å². The van der Waals surface area contributed by atoms with E-state index in [0.29, 0.717) is 31.6 Å². The van der Waals surface area contributed by atoms with Gasteiger partial charge in [0.25, 0.3) is 0 Å². The number of hydrogen-bond acceptors (Lipinski definition) is 4. The van der Waals surface area contributed by atoms with Gasteiger partial charge >= 0.3 is 0 Å². The molecule has 5 nitrogen and oxygen atoms in total. The van der Waals surface area contributed by atoms with Crippen LogP contribution in [-0.4, -0.2) is 48.4 Å². The molecule has 152 valence electrons. The van der Waals surface area contributed by atoms with Crippen molar-refractivity contribution in [1.29, 1.82) is 0 Å². The summed E-state index contributed by atoms with van der Waals surface area (Å²) in [5.41, 5.74) is 4.18. The molecule has 0 unspecified atom stereocenters. The Labute approximate surface area is 167 Å². The van der Waals surface area contributed by atoms with Gasteiger partial charge in [0, 0.05) is 24.6 Å². The fourth-order valence-corrected chi connectivity index (χ4v) is 4.59. The summed E-state index contributed by atoms with van der Waals surface area (Å²) in [7, 11) is 0.